The molecule has 7 nitrogen and oxygen atoms in total. The van der Waals surface area contributed by atoms with E-state index in [1.807, 2.05) is 30.3 Å². The van der Waals surface area contributed by atoms with Crippen LogP contribution in [0.2, 0.25) is 0 Å². The summed E-state index contributed by atoms with van der Waals surface area (Å²) in [6, 6.07) is 13.2. The van der Waals surface area contributed by atoms with Gasteiger partial charge in [0.2, 0.25) is 0 Å². The van der Waals surface area contributed by atoms with Crippen molar-refractivity contribution >= 4 is 17.6 Å². The number of nitrogens with one attached hydrogen (secondary N) is 1. The molecule has 0 heterocycles. The Labute approximate surface area is 138 Å². The third kappa shape index (κ3) is 4.64. The number of esters is 1. The summed E-state index contributed by atoms with van der Waals surface area (Å²) in [5.41, 5.74) is 1.41. The second-order valence-electron chi connectivity index (χ2n) is 5.09. The fourth-order valence-electron chi connectivity index (χ4n) is 2.05. The number of carbonyl (C=O) groups is 2. The molecular weight excluding hydrogens is 312 g/mol. The molecule has 7 heteroatoms. The lowest BCUT2D eigenvalue weighted by Gasteiger charge is -2.07. The van der Waals surface area contributed by atoms with Gasteiger partial charge in [0.15, 0.2) is 0 Å². The summed E-state index contributed by atoms with van der Waals surface area (Å²) in [5, 5.41) is 13.2. The molecule has 0 aliphatic rings. The minimum absolute atomic E-state index is 0.0613. The van der Waals surface area contributed by atoms with Crippen molar-refractivity contribution in [3.63, 3.8) is 0 Å². The predicted octanol–water partition coefficient (Wildman–Crippen LogP) is 2.38. The van der Waals surface area contributed by atoms with Crippen molar-refractivity contribution in [3.8, 4) is 0 Å². The molecule has 0 saturated heterocycles. The van der Waals surface area contributed by atoms with Gasteiger partial charge in [-0.2, -0.15) is 0 Å². The number of benzene rings is 2. The fourth-order valence-corrected chi connectivity index (χ4v) is 2.05. The number of ether oxygens (including phenoxy) is 1. The highest BCUT2D eigenvalue weighted by Crippen LogP contribution is 2.18. The van der Waals surface area contributed by atoms with Crippen LogP contribution in [0, 0.1) is 17.0 Å². The summed E-state index contributed by atoms with van der Waals surface area (Å²) in [6.45, 7) is 1.40. The van der Waals surface area contributed by atoms with Crippen LogP contribution < -0.4 is 5.32 Å². The quantitative estimate of drug-likeness (QED) is 0.499. The van der Waals surface area contributed by atoms with Crippen molar-refractivity contribution in [1.82, 2.24) is 5.32 Å². The van der Waals surface area contributed by atoms with E-state index in [2.05, 4.69) is 5.32 Å². The molecule has 0 fully saturated rings. The molecule has 2 aromatic rings. The highest BCUT2D eigenvalue weighted by atomic mass is 16.6. The number of nitrogens with zero attached hydrogens (tertiary/aromatic N) is 1. The zero-order valence-corrected chi connectivity index (χ0v) is 13.0. The summed E-state index contributed by atoms with van der Waals surface area (Å²) in [5.74, 6) is -1.06. The Morgan fingerprint density at radius 2 is 1.88 bits per heavy atom. The van der Waals surface area contributed by atoms with Crippen LogP contribution in [0.1, 0.15) is 21.5 Å². The lowest BCUT2D eigenvalue weighted by molar-refractivity contribution is -0.385. The minimum Gasteiger partial charge on any atom is -0.460 e. The predicted molar refractivity (Wildman–Crippen MR) is 86.4 cm³/mol. The van der Waals surface area contributed by atoms with E-state index in [9.17, 15) is 19.7 Å². The van der Waals surface area contributed by atoms with Crippen LogP contribution in [-0.4, -0.2) is 23.3 Å². The van der Waals surface area contributed by atoms with Crippen LogP contribution in [0.4, 0.5) is 5.69 Å². The summed E-state index contributed by atoms with van der Waals surface area (Å²) < 4.78 is 5.05. The Morgan fingerprint density at radius 3 is 2.50 bits per heavy atom. The van der Waals surface area contributed by atoms with Crippen molar-refractivity contribution in [2.45, 2.75) is 13.5 Å². The molecule has 1 amide bonds. The fraction of sp³-hybridized carbons (Fsp3) is 0.176. The zero-order chi connectivity index (χ0) is 17.5. The van der Waals surface area contributed by atoms with Gasteiger partial charge in [-0.1, -0.05) is 30.3 Å². The highest BCUT2D eigenvalue weighted by Gasteiger charge is 2.14. The maximum Gasteiger partial charge on any atom is 0.325 e. The Kier molecular flexibility index (Phi) is 5.62. The van der Waals surface area contributed by atoms with Crippen LogP contribution in [0.5, 0.6) is 0 Å². The minimum atomic E-state index is -0.564. The molecule has 0 unspecified atom stereocenters. The monoisotopic (exact) mass is 328 g/mol. The Hall–Kier alpha value is -3.22. The maximum absolute atomic E-state index is 12.0. The van der Waals surface area contributed by atoms with E-state index >= 15 is 0 Å². The summed E-state index contributed by atoms with van der Waals surface area (Å²) in [6.07, 6.45) is 0. The van der Waals surface area contributed by atoms with Crippen molar-refractivity contribution in [3.05, 3.63) is 75.3 Å². The Bertz CT molecular complexity index is 759. The average molecular weight is 328 g/mol. The second-order valence-corrected chi connectivity index (χ2v) is 5.09. The van der Waals surface area contributed by atoms with Crippen molar-refractivity contribution in [2.75, 3.05) is 6.54 Å². The molecule has 0 atom stereocenters. The lowest BCUT2D eigenvalue weighted by atomic mass is 10.1. The molecule has 1 N–H and O–H groups in total. The number of aryl methyl sites for hydroxylation is 1. The van der Waals surface area contributed by atoms with Gasteiger partial charge in [0.05, 0.1) is 4.92 Å². The van der Waals surface area contributed by atoms with Gasteiger partial charge in [0.1, 0.15) is 13.2 Å². The van der Waals surface area contributed by atoms with E-state index in [0.29, 0.717) is 5.56 Å². The first-order chi connectivity index (χ1) is 11.5. The third-order valence-electron chi connectivity index (χ3n) is 3.29. The van der Waals surface area contributed by atoms with E-state index in [0.717, 1.165) is 5.56 Å². The molecular formula is C17H16N2O5. The molecule has 0 bridgehead atoms. The Morgan fingerprint density at radius 1 is 1.17 bits per heavy atom. The molecule has 0 spiro atoms. The number of nitro benzene ring substituents is 1. The summed E-state index contributed by atoms with van der Waals surface area (Å²) >= 11 is 0. The SMILES string of the molecule is Cc1cc(C(=O)NCC(=O)OCc2ccccc2)ccc1[N+](=O)[O-]. The van der Waals surface area contributed by atoms with Gasteiger partial charge < -0.3 is 10.1 Å². The first-order valence-electron chi connectivity index (χ1n) is 7.20. The normalized spacial score (nSPS) is 10.0. The van der Waals surface area contributed by atoms with Crippen LogP contribution in [0.3, 0.4) is 0 Å². The molecule has 0 aliphatic heterocycles. The topological polar surface area (TPSA) is 98.5 Å². The number of hydrogen-bond acceptors (Lipinski definition) is 5. The summed E-state index contributed by atoms with van der Waals surface area (Å²) in [4.78, 5) is 33.8. The van der Waals surface area contributed by atoms with E-state index in [1.165, 1.54) is 18.2 Å². The number of nitro groups is 1. The van der Waals surface area contributed by atoms with Crippen molar-refractivity contribution in [2.24, 2.45) is 0 Å². The second kappa shape index (κ2) is 7.87. The van der Waals surface area contributed by atoms with E-state index in [-0.39, 0.29) is 24.4 Å². The van der Waals surface area contributed by atoms with Gasteiger partial charge >= 0.3 is 5.97 Å². The smallest absolute Gasteiger partial charge is 0.325 e. The molecule has 0 aromatic heterocycles. The molecule has 0 saturated carbocycles. The van der Waals surface area contributed by atoms with Crippen molar-refractivity contribution in [1.29, 1.82) is 0 Å². The number of amides is 1. The number of carbonyl (C=O) groups excluding carboxylic acids is 2. The molecule has 24 heavy (non-hydrogen) atoms. The van der Waals surface area contributed by atoms with Gasteiger partial charge in [-0.3, -0.25) is 19.7 Å². The number of rotatable bonds is 6. The molecule has 0 aliphatic carbocycles. The van der Waals surface area contributed by atoms with E-state index < -0.39 is 16.8 Å². The molecule has 0 radical (unpaired) electrons. The standard InChI is InChI=1S/C17H16N2O5/c1-12-9-14(7-8-15(12)19(22)23)17(21)18-10-16(20)24-11-13-5-3-2-4-6-13/h2-9H,10-11H2,1H3,(H,18,21). The largest absolute Gasteiger partial charge is 0.460 e. The van der Waals surface area contributed by atoms with Crippen molar-refractivity contribution < 1.29 is 19.2 Å². The number of hydrogen-bond donors (Lipinski definition) is 1. The molecule has 2 aromatic carbocycles. The summed E-state index contributed by atoms with van der Waals surface area (Å²) in [7, 11) is 0. The van der Waals surface area contributed by atoms with Crippen LogP contribution in [-0.2, 0) is 16.1 Å². The highest BCUT2D eigenvalue weighted by molar-refractivity contribution is 5.96. The molecule has 124 valence electrons. The zero-order valence-electron chi connectivity index (χ0n) is 13.0. The van der Waals surface area contributed by atoms with Gasteiger partial charge in [0.25, 0.3) is 11.6 Å². The van der Waals surface area contributed by atoms with Crippen LogP contribution >= 0.6 is 0 Å². The van der Waals surface area contributed by atoms with Gasteiger partial charge in [-0.25, -0.2) is 0 Å². The van der Waals surface area contributed by atoms with Gasteiger partial charge in [-0.05, 0) is 24.6 Å². The van der Waals surface area contributed by atoms with Crippen LogP contribution in [0.25, 0.3) is 0 Å². The maximum atomic E-state index is 12.0. The van der Waals surface area contributed by atoms with E-state index in [1.54, 1.807) is 6.92 Å². The van der Waals surface area contributed by atoms with E-state index in [4.69, 9.17) is 4.74 Å². The molecule has 2 rings (SSSR count). The van der Waals surface area contributed by atoms with Gasteiger partial charge in [-0.15, -0.1) is 0 Å². The van der Waals surface area contributed by atoms with Gasteiger partial charge in [0, 0.05) is 17.2 Å². The van der Waals surface area contributed by atoms with Crippen LogP contribution in [0.15, 0.2) is 48.5 Å². The third-order valence-corrected chi connectivity index (χ3v) is 3.29. The first kappa shape index (κ1) is 17.1. The lowest BCUT2D eigenvalue weighted by Crippen LogP contribution is -2.30. The average Bonchev–Trinajstić information content (AvgIpc) is 2.58. The first-order valence-corrected chi connectivity index (χ1v) is 7.20. The Balaban J connectivity index is 1.85.